The Bertz CT molecular complexity index is 1920. The molecule has 2 unspecified atom stereocenters. The molecule has 0 aliphatic rings. The van der Waals surface area contributed by atoms with Gasteiger partial charge in [-0.3, -0.25) is 37.3 Å². The minimum absolute atomic E-state index is 0.102. The molecule has 0 fully saturated rings. The maximum Gasteiger partial charge on any atom is 0.472 e. The van der Waals surface area contributed by atoms with Crippen LogP contribution in [0.15, 0.2) is 24.3 Å². The monoisotopic (exact) mass is 1390 g/mol. The Labute approximate surface area is 580 Å². The van der Waals surface area contributed by atoms with E-state index in [0.29, 0.717) is 25.7 Å². The van der Waals surface area contributed by atoms with Crippen LogP contribution in [0, 0.1) is 5.92 Å². The Morgan fingerprint density at radius 3 is 0.863 bits per heavy atom. The molecular weight excluding hydrogens is 1250 g/mol. The first-order valence-corrected chi connectivity index (χ1v) is 41.9. The summed E-state index contributed by atoms with van der Waals surface area (Å²) in [4.78, 5) is 72.6. The molecular formula is C76H144O17P2. The van der Waals surface area contributed by atoms with Gasteiger partial charge in [-0.2, -0.15) is 0 Å². The lowest BCUT2D eigenvalue weighted by atomic mass is 10.0. The molecule has 0 aromatic rings. The molecule has 0 heterocycles. The second-order valence-electron chi connectivity index (χ2n) is 27.2. The first-order valence-electron chi connectivity index (χ1n) is 39.0. The van der Waals surface area contributed by atoms with Crippen molar-refractivity contribution < 1.29 is 80.2 Å². The lowest BCUT2D eigenvalue weighted by Gasteiger charge is -2.21. The van der Waals surface area contributed by atoms with Crippen LogP contribution in [-0.4, -0.2) is 96.7 Å². The van der Waals surface area contributed by atoms with Crippen LogP contribution < -0.4 is 0 Å². The molecule has 0 rings (SSSR count). The third kappa shape index (κ3) is 69.8. The van der Waals surface area contributed by atoms with E-state index in [2.05, 4.69) is 58.9 Å². The number of hydrogen-bond acceptors (Lipinski definition) is 15. The summed E-state index contributed by atoms with van der Waals surface area (Å²) in [5, 5.41) is 10.6. The first kappa shape index (κ1) is 92.5. The lowest BCUT2D eigenvalue weighted by molar-refractivity contribution is -0.161. The van der Waals surface area contributed by atoms with Crippen LogP contribution in [0.5, 0.6) is 0 Å². The number of aliphatic hydroxyl groups is 1. The summed E-state index contributed by atoms with van der Waals surface area (Å²) in [6, 6.07) is 0. The van der Waals surface area contributed by atoms with Crippen molar-refractivity contribution in [2.24, 2.45) is 5.92 Å². The summed E-state index contributed by atoms with van der Waals surface area (Å²) >= 11 is 0. The third-order valence-corrected chi connectivity index (χ3v) is 19.1. The molecule has 0 aromatic carbocycles. The number of esters is 4. The number of phosphoric ester groups is 2. The van der Waals surface area contributed by atoms with Crippen molar-refractivity contribution in [2.75, 3.05) is 39.6 Å². The molecule has 95 heavy (non-hydrogen) atoms. The quantitative estimate of drug-likeness (QED) is 0.0169. The van der Waals surface area contributed by atoms with Gasteiger partial charge in [0.2, 0.25) is 0 Å². The number of unbranched alkanes of at least 4 members (excludes halogenated alkanes) is 43. The van der Waals surface area contributed by atoms with Gasteiger partial charge < -0.3 is 33.8 Å². The van der Waals surface area contributed by atoms with Crippen molar-refractivity contribution in [3.05, 3.63) is 24.3 Å². The molecule has 0 aromatic heterocycles. The summed E-state index contributed by atoms with van der Waals surface area (Å²) in [6.07, 6.45) is 60.6. The van der Waals surface area contributed by atoms with Crippen molar-refractivity contribution in [1.82, 2.24) is 0 Å². The van der Waals surface area contributed by atoms with E-state index in [-0.39, 0.29) is 25.7 Å². The van der Waals surface area contributed by atoms with Crippen molar-refractivity contribution in [3.63, 3.8) is 0 Å². The third-order valence-electron chi connectivity index (χ3n) is 17.2. The Kier molecular flexibility index (Phi) is 66.9. The molecule has 5 atom stereocenters. The highest BCUT2D eigenvalue weighted by atomic mass is 31.2. The van der Waals surface area contributed by atoms with Crippen LogP contribution in [0.1, 0.15) is 375 Å². The van der Waals surface area contributed by atoms with Crippen LogP contribution >= 0.6 is 15.6 Å². The van der Waals surface area contributed by atoms with Gasteiger partial charge in [0.1, 0.15) is 19.3 Å². The Hall–Kier alpha value is -2.46. The zero-order chi connectivity index (χ0) is 69.8. The second kappa shape index (κ2) is 68.7. The highest BCUT2D eigenvalue weighted by Gasteiger charge is 2.30. The van der Waals surface area contributed by atoms with Gasteiger partial charge in [-0.1, -0.05) is 322 Å². The van der Waals surface area contributed by atoms with Gasteiger partial charge in [0.25, 0.3) is 0 Å². The van der Waals surface area contributed by atoms with Gasteiger partial charge in [0, 0.05) is 25.7 Å². The summed E-state index contributed by atoms with van der Waals surface area (Å²) in [5.74, 6) is -1.39. The molecule has 19 heteroatoms. The van der Waals surface area contributed by atoms with Crippen LogP contribution in [0.2, 0.25) is 0 Å². The fraction of sp³-hybridized carbons (Fsp3) is 0.895. The van der Waals surface area contributed by atoms with Gasteiger partial charge in [0.05, 0.1) is 26.4 Å². The standard InChI is InChI=1S/C76H144O17P2/c1-6-9-12-15-18-20-22-24-26-27-28-29-31-33-37-41-46-51-56-61-75(80)93-72(66-87-74(79)60-55-50-45-40-36-32-30-25-23-21-19-16-13-10-7-2)68-91-95(84,85)89-64-70(77)63-88-94(82,83)90-67-71(65-86-73(78)59-54-49-43-17-14-11-8-3)92-76(81)62-57-52-47-42-38-34-35-39-44-48-53-58-69(4)5/h21,23,25,30,69-72,77H,6-20,22,24,26-29,31-68H2,1-5H3,(H,82,83)(H,84,85)/b23-21-,30-25-/t70-,71+,72+/m0/s1. The van der Waals surface area contributed by atoms with Crippen LogP contribution in [0.25, 0.3) is 0 Å². The smallest absolute Gasteiger partial charge is 0.462 e. The zero-order valence-corrected chi connectivity index (χ0v) is 63.1. The molecule has 0 spiro atoms. The molecule has 560 valence electrons. The van der Waals surface area contributed by atoms with Crippen LogP contribution in [0.3, 0.4) is 0 Å². The Balaban J connectivity index is 5.22. The molecule has 0 aliphatic heterocycles. The largest absolute Gasteiger partial charge is 0.472 e. The maximum atomic E-state index is 13.1. The normalized spacial score (nSPS) is 14.1. The number of hydrogen-bond donors (Lipinski definition) is 3. The zero-order valence-electron chi connectivity index (χ0n) is 61.3. The minimum Gasteiger partial charge on any atom is -0.462 e. The predicted octanol–water partition coefficient (Wildman–Crippen LogP) is 22.0. The highest BCUT2D eigenvalue weighted by molar-refractivity contribution is 7.47. The van der Waals surface area contributed by atoms with E-state index in [1.54, 1.807) is 0 Å². The predicted molar refractivity (Wildman–Crippen MR) is 386 cm³/mol. The fourth-order valence-electron chi connectivity index (χ4n) is 11.2. The highest BCUT2D eigenvalue weighted by Crippen LogP contribution is 2.45. The molecule has 3 N–H and O–H groups in total. The fourth-order valence-corrected chi connectivity index (χ4v) is 12.7. The number of ether oxygens (including phenoxy) is 4. The van der Waals surface area contributed by atoms with E-state index in [0.717, 1.165) is 128 Å². The van der Waals surface area contributed by atoms with Gasteiger partial charge >= 0.3 is 39.5 Å². The Morgan fingerprint density at radius 2 is 0.568 bits per heavy atom. The molecule has 0 amide bonds. The van der Waals surface area contributed by atoms with Crippen molar-refractivity contribution in [3.8, 4) is 0 Å². The first-order chi connectivity index (χ1) is 46.0. The Morgan fingerprint density at radius 1 is 0.326 bits per heavy atom. The average Bonchev–Trinajstić information content (AvgIpc) is 1.66. The summed E-state index contributed by atoms with van der Waals surface area (Å²) in [7, 11) is -9.92. The van der Waals surface area contributed by atoms with E-state index >= 15 is 0 Å². The average molecular weight is 1390 g/mol. The number of carbonyl (C=O) groups is 4. The van der Waals surface area contributed by atoms with Gasteiger partial charge in [-0.15, -0.1) is 0 Å². The topological polar surface area (TPSA) is 237 Å². The van der Waals surface area contributed by atoms with Crippen molar-refractivity contribution >= 4 is 39.5 Å². The van der Waals surface area contributed by atoms with Crippen LogP contribution in [0.4, 0.5) is 0 Å². The minimum atomic E-state index is -4.96. The van der Waals surface area contributed by atoms with Crippen molar-refractivity contribution in [2.45, 2.75) is 393 Å². The maximum absolute atomic E-state index is 13.1. The van der Waals surface area contributed by atoms with E-state index < -0.39 is 97.5 Å². The molecule has 0 radical (unpaired) electrons. The number of allylic oxidation sites excluding steroid dienone is 4. The van der Waals surface area contributed by atoms with Gasteiger partial charge in [-0.25, -0.2) is 9.13 Å². The summed E-state index contributed by atoms with van der Waals surface area (Å²) in [6.45, 7) is 7.18. The van der Waals surface area contributed by atoms with E-state index in [4.69, 9.17) is 37.0 Å². The molecule has 0 saturated carbocycles. The lowest BCUT2D eigenvalue weighted by Crippen LogP contribution is -2.30. The van der Waals surface area contributed by atoms with E-state index in [1.165, 1.54) is 167 Å². The second-order valence-corrected chi connectivity index (χ2v) is 30.1. The van der Waals surface area contributed by atoms with Crippen molar-refractivity contribution in [1.29, 1.82) is 0 Å². The van der Waals surface area contributed by atoms with E-state index in [1.807, 2.05) is 0 Å². The SMILES string of the molecule is CCCCCC/C=C\C=C/CCCCCCCC(=O)OC[C@H](COP(=O)(O)OC[C@@H](O)COP(=O)(O)OC[C@@H](COC(=O)CCCCCCCCC)OC(=O)CCCCCCCCCCCCCC(C)C)OC(=O)CCCCCCCCCCCCCCCCCCCCC. The summed E-state index contributed by atoms with van der Waals surface area (Å²) < 4.78 is 68.4. The summed E-state index contributed by atoms with van der Waals surface area (Å²) in [5.41, 5.74) is 0. The molecule has 0 saturated heterocycles. The van der Waals surface area contributed by atoms with E-state index in [9.17, 15) is 43.2 Å². The molecule has 17 nitrogen and oxygen atoms in total. The van der Waals surface area contributed by atoms with Crippen LogP contribution in [-0.2, 0) is 65.4 Å². The number of phosphoric acid groups is 2. The number of rotatable bonds is 74. The molecule has 0 aliphatic carbocycles. The number of carbonyl (C=O) groups excluding carboxylic acids is 4. The van der Waals surface area contributed by atoms with Gasteiger partial charge in [-0.05, 0) is 57.3 Å². The molecule has 0 bridgehead atoms. The van der Waals surface area contributed by atoms with Gasteiger partial charge in [0.15, 0.2) is 12.2 Å². The number of aliphatic hydroxyl groups excluding tert-OH is 1.